The van der Waals surface area contributed by atoms with Crippen molar-refractivity contribution in [3.05, 3.63) is 24.3 Å². The molecule has 2 atom stereocenters. The molecule has 0 bridgehead atoms. The largest absolute Gasteiger partial charge is 0.497 e. The van der Waals surface area contributed by atoms with E-state index >= 15 is 0 Å². The Morgan fingerprint density at radius 2 is 2.09 bits per heavy atom. The predicted octanol–water partition coefficient (Wildman–Crippen LogP) is 0.709. The molecule has 1 aliphatic rings. The van der Waals surface area contributed by atoms with Gasteiger partial charge in [0.25, 0.3) is 0 Å². The van der Waals surface area contributed by atoms with E-state index in [1.54, 1.807) is 31.4 Å². The second kappa shape index (κ2) is 7.17. The molecular formula is C14H16N2O5S. The van der Waals surface area contributed by atoms with Crippen molar-refractivity contribution >= 4 is 35.2 Å². The number of carbonyl (C=O) groups is 3. The van der Waals surface area contributed by atoms with Gasteiger partial charge in [-0.25, -0.2) is 4.79 Å². The van der Waals surface area contributed by atoms with E-state index in [-0.39, 0.29) is 18.1 Å². The van der Waals surface area contributed by atoms with Gasteiger partial charge in [-0.2, -0.15) is 0 Å². The zero-order chi connectivity index (χ0) is 16.1. The van der Waals surface area contributed by atoms with Gasteiger partial charge in [0.15, 0.2) is 0 Å². The van der Waals surface area contributed by atoms with Gasteiger partial charge in [0.05, 0.1) is 12.4 Å². The lowest BCUT2D eigenvalue weighted by molar-refractivity contribution is -0.141. The van der Waals surface area contributed by atoms with Gasteiger partial charge in [0, 0.05) is 17.9 Å². The van der Waals surface area contributed by atoms with Crippen LogP contribution in [0.5, 0.6) is 5.75 Å². The first-order chi connectivity index (χ1) is 10.5. The van der Waals surface area contributed by atoms with Crippen LogP contribution in [0.4, 0.5) is 5.69 Å². The van der Waals surface area contributed by atoms with Crippen molar-refractivity contribution in [3.8, 4) is 5.75 Å². The number of hydrogen-bond donors (Lipinski definition) is 3. The van der Waals surface area contributed by atoms with Gasteiger partial charge in [-0.15, -0.1) is 11.8 Å². The number of thioether (sulfide) groups is 1. The number of anilines is 1. The van der Waals surface area contributed by atoms with Crippen LogP contribution in [0, 0.1) is 0 Å². The van der Waals surface area contributed by atoms with Crippen LogP contribution < -0.4 is 15.4 Å². The summed E-state index contributed by atoms with van der Waals surface area (Å²) in [6.45, 7) is 0. The lowest BCUT2D eigenvalue weighted by Gasteiger charge is -2.25. The number of benzene rings is 1. The fourth-order valence-electron chi connectivity index (χ4n) is 1.93. The summed E-state index contributed by atoms with van der Waals surface area (Å²) in [5.41, 5.74) is 0.607. The summed E-state index contributed by atoms with van der Waals surface area (Å²) in [5, 5.41) is 13.4. The Morgan fingerprint density at radius 3 is 2.64 bits per heavy atom. The molecule has 2 amide bonds. The molecule has 1 aromatic carbocycles. The summed E-state index contributed by atoms with van der Waals surface area (Å²) in [4.78, 5) is 34.5. The normalized spacial score (nSPS) is 20.9. The highest BCUT2D eigenvalue weighted by molar-refractivity contribution is 8.00. The summed E-state index contributed by atoms with van der Waals surface area (Å²) in [7, 11) is 1.55. The van der Waals surface area contributed by atoms with Crippen molar-refractivity contribution < 1.29 is 24.2 Å². The van der Waals surface area contributed by atoms with Crippen molar-refractivity contribution in [1.29, 1.82) is 0 Å². The van der Waals surface area contributed by atoms with Gasteiger partial charge in [0.1, 0.15) is 11.8 Å². The quantitative estimate of drug-likeness (QED) is 0.737. The number of amides is 2. The number of carboxylic acid groups (broad SMARTS) is 1. The van der Waals surface area contributed by atoms with E-state index in [9.17, 15) is 14.4 Å². The van der Waals surface area contributed by atoms with Crippen LogP contribution in [0.2, 0.25) is 0 Å². The summed E-state index contributed by atoms with van der Waals surface area (Å²) in [5.74, 6) is -0.858. The number of carboxylic acids is 1. The molecule has 0 aromatic heterocycles. The molecule has 8 heteroatoms. The highest BCUT2D eigenvalue weighted by Gasteiger charge is 2.33. The van der Waals surface area contributed by atoms with E-state index in [4.69, 9.17) is 9.84 Å². The Labute approximate surface area is 131 Å². The third kappa shape index (κ3) is 4.14. The van der Waals surface area contributed by atoms with Gasteiger partial charge in [-0.1, -0.05) is 0 Å². The molecule has 7 nitrogen and oxygen atoms in total. The average molecular weight is 324 g/mol. The van der Waals surface area contributed by atoms with Crippen molar-refractivity contribution in [1.82, 2.24) is 5.32 Å². The fraction of sp³-hybridized carbons (Fsp3) is 0.357. The van der Waals surface area contributed by atoms with E-state index in [1.165, 1.54) is 11.8 Å². The molecule has 0 unspecified atom stereocenters. The van der Waals surface area contributed by atoms with E-state index in [0.717, 1.165) is 0 Å². The number of aliphatic carboxylic acids is 1. The van der Waals surface area contributed by atoms with Crippen LogP contribution in [0.25, 0.3) is 0 Å². The zero-order valence-corrected chi connectivity index (χ0v) is 12.7. The van der Waals surface area contributed by atoms with Crippen LogP contribution in [-0.2, 0) is 14.4 Å². The second-order valence-electron chi connectivity index (χ2n) is 4.70. The molecule has 22 heavy (non-hydrogen) atoms. The minimum Gasteiger partial charge on any atom is -0.497 e. The number of ether oxygens (including phenoxy) is 1. The molecule has 118 valence electrons. The minimum absolute atomic E-state index is 0.00509. The fourth-order valence-corrected chi connectivity index (χ4v) is 3.07. The molecule has 1 saturated heterocycles. The predicted molar refractivity (Wildman–Crippen MR) is 82.1 cm³/mol. The Balaban J connectivity index is 1.86. The molecule has 0 saturated carbocycles. The van der Waals surface area contributed by atoms with Crippen molar-refractivity contribution in [2.24, 2.45) is 0 Å². The number of rotatable bonds is 5. The number of methoxy groups -OCH3 is 1. The number of carbonyl (C=O) groups excluding carboxylic acids is 2. The van der Waals surface area contributed by atoms with Crippen molar-refractivity contribution in [2.45, 2.75) is 17.7 Å². The van der Waals surface area contributed by atoms with Gasteiger partial charge < -0.3 is 20.5 Å². The summed E-state index contributed by atoms with van der Waals surface area (Å²) in [6, 6.07) is 5.94. The van der Waals surface area contributed by atoms with Gasteiger partial charge in [-0.05, 0) is 24.3 Å². The van der Waals surface area contributed by atoms with E-state index in [2.05, 4.69) is 10.6 Å². The summed E-state index contributed by atoms with van der Waals surface area (Å²) < 4.78 is 5.02. The zero-order valence-electron chi connectivity index (χ0n) is 11.9. The second-order valence-corrected chi connectivity index (χ2v) is 5.94. The third-order valence-corrected chi connectivity index (χ3v) is 4.42. The average Bonchev–Trinajstić information content (AvgIpc) is 2.50. The molecular weight excluding hydrogens is 308 g/mol. The van der Waals surface area contributed by atoms with Gasteiger partial charge in [0.2, 0.25) is 11.8 Å². The van der Waals surface area contributed by atoms with Crippen molar-refractivity contribution in [2.75, 3.05) is 18.2 Å². The topological polar surface area (TPSA) is 105 Å². The molecule has 3 N–H and O–H groups in total. The molecule has 0 aliphatic carbocycles. The Morgan fingerprint density at radius 1 is 1.41 bits per heavy atom. The molecule has 1 heterocycles. The van der Waals surface area contributed by atoms with Gasteiger partial charge >= 0.3 is 5.97 Å². The number of nitrogens with one attached hydrogen (secondary N) is 2. The lowest BCUT2D eigenvalue weighted by atomic mass is 10.2. The Hall–Kier alpha value is -2.22. The van der Waals surface area contributed by atoms with Crippen LogP contribution in [0.15, 0.2) is 24.3 Å². The first kappa shape index (κ1) is 16.2. The van der Waals surface area contributed by atoms with Crippen LogP contribution in [-0.4, -0.2) is 47.0 Å². The van der Waals surface area contributed by atoms with Crippen LogP contribution in [0.3, 0.4) is 0 Å². The number of hydrogen-bond acceptors (Lipinski definition) is 5. The highest BCUT2D eigenvalue weighted by atomic mass is 32.2. The lowest BCUT2D eigenvalue weighted by Crippen LogP contribution is -2.51. The Bertz CT molecular complexity index is 575. The molecule has 2 rings (SSSR count). The SMILES string of the molecule is COc1ccc(NC(=O)C[C@@H]2SC[C@@H](C(=O)O)NC2=O)cc1. The standard InChI is InChI=1S/C14H16N2O5S/c1-21-9-4-2-8(3-5-9)15-12(17)6-11-13(18)16-10(7-22-11)14(19)20/h2-5,10-11H,6-7H2,1H3,(H,15,17)(H,16,18)(H,19,20)/t10-,11-/m0/s1. The van der Waals surface area contributed by atoms with E-state index in [0.29, 0.717) is 11.4 Å². The molecule has 0 radical (unpaired) electrons. The smallest absolute Gasteiger partial charge is 0.327 e. The van der Waals surface area contributed by atoms with Crippen LogP contribution >= 0.6 is 11.8 Å². The van der Waals surface area contributed by atoms with Crippen LogP contribution in [0.1, 0.15) is 6.42 Å². The monoisotopic (exact) mass is 324 g/mol. The van der Waals surface area contributed by atoms with E-state index in [1.807, 2.05) is 0 Å². The molecule has 1 aromatic rings. The molecule has 0 spiro atoms. The third-order valence-electron chi connectivity index (χ3n) is 3.12. The maximum atomic E-state index is 11.9. The summed E-state index contributed by atoms with van der Waals surface area (Å²) >= 11 is 1.18. The summed E-state index contributed by atoms with van der Waals surface area (Å²) in [6.07, 6.45) is -0.00509. The maximum Gasteiger partial charge on any atom is 0.327 e. The Kier molecular flexibility index (Phi) is 5.26. The highest BCUT2D eigenvalue weighted by Crippen LogP contribution is 2.22. The van der Waals surface area contributed by atoms with E-state index < -0.39 is 23.2 Å². The first-order valence-electron chi connectivity index (χ1n) is 6.58. The maximum absolute atomic E-state index is 11.9. The molecule has 1 fully saturated rings. The minimum atomic E-state index is -1.07. The first-order valence-corrected chi connectivity index (χ1v) is 7.63. The molecule has 1 aliphatic heterocycles. The van der Waals surface area contributed by atoms with Crippen molar-refractivity contribution in [3.63, 3.8) is 0 Å². The van der Waals surface area contributed by atoms with Gasteiger partial charge in [-0.3, -0.25) is 9.59 Å².